The zero-order valence-electron chi connectivity index (χ0n) is 9.34. The molecule has 0 spiro atoms. The van der Waals surface area contributed by atoms with Gasteiger partial charge in [-0.15, -0.1) is 0 Å². The van der Waals surface area contributed by atoms with E-state index in [1.807, 2.05) is 24.6 Å². The second-order valence-corrected chi connectivity index (χ2v) is 6.07. The molecule has 0 aliphatic carbocycles. The first-order chi connectivity index (χ1) is 6.68. The van der Waals surface area contributed by atoms with Crippen LogP contribution < -0.4 is 5.32 Å². The van der Waals surface area contributed by atoms with Gasteiger partial charge in [0, 0.05) is 31.8 Å². The summed E-state index contributed by atoms with van der Waals surface area (Å²) in [4.78, 5) is 11.2. The molecule has 0 aromatic carbocycles. The molecule has 0 fully saturated rings. The second kappa shape index (κ2) is 9.87. The number of carbonyl (C=O) groups excluding carboxylic acids is 1. The molecule has 4 heteroatoms. The van der Waals surface area contributed by atoms with E-state index in [9.17, 15) is 4.79 Å². The first-order valence-electron chi connectivity index (χ1n) is 5.16. The topological polar surface area (TPSA) is 29.1 Å². The Hall–Kier alpha value is 0.330. The summed E-state index contributed by atoms with van der Waals surface area (Å²) < 4.78 is 0. The van der Waals surface area contributed by atoms with Crippen molar-refractivity contribution in [3.63, 3.8) is 0 Å². The fourth-order valence-corrected chi connectivity index (χ4v) is 2.79. The molecule has 0 unspecified atom stereocenters. The fraction of sp³-hybridized carbons (Fsp3) is 0.900. The summed E-state index contributed by atoms with van der Waals surface area (Å²) in [6, 6.07) is 0. The summed E-state index contributed by atoms with van der Waals surface area (Å²) in [7, 11) is 3.65. The highest BCUT2D eigenvalue weighted by molar-refractivity contribution is 8.76. The first kappa shape index (κ1) is 14.3. The average Bonchev–Trinajstić information content (AvgIpc) is 2.16. The van der Waals surface area contributed by atoms with Gasteiger partial charge in [-0.05, 0) is 6.54 Å². The van der Waals surface area contributed by atoms with Gasteiger partial charge in [-0.1, -0.05) is 42.4 Å². The molecule has 14 heavy (non-hydrogen) atoms. The predicted molar refractivity (Wildman–Crippen MR) is 70.0 cm³/mol. The van der Waals surface area contributed by atoms with Crippen molar-refractivity contribution < 1.29 is 6.22 Å². The highest BCUT2D eigenvalue weighted by atomic mass is 33.1. The number of nitrogens with one attached hydrogen (secondary N) is 1. The standard InChI is InChI=1S/C10H21NOS2.H2/c1-4-11-6-8-14-13-7-5-10(12)9(2)3;/h9,11H,4-8H2,1-3H3;1H. The molecular weight excluding hydrogens is 214 g/mol. The Balaban J connectivity index is 0. The Bertz CT molecular complexity index is 156. The van der Waals surface area contributed by atoms with Crippen molar-refractivity contribution in [3.8, 4) is 0 Å². The molecule has 0 saturated carbocycles. The van der Waals surface area contributed by atoms with Gasteiger partial charge in [0.1, 0.15) is 5.78 Å². The molecule has 86 valence electrons. The summed E-state index contributed by atoms with van der Waals surface area (Å²) in [6.07, 6.45) is 0.719. The monoisotopic (exact) mass is 237 g/mol. The number of carbonyl (C=O) groups is 1. The lowest BCUT2D eigenvalue weighted by Crippen LogP contribution is -2.15. The van der Waals surface area contributed by atoms with E-state index in [0.717, 1.165) is 31.0 Å². The highest BCUT2D eigenvalue weighted by Crippen LogP contribution is 2.21. The maximum atomic E-state index is 11.2. The van der Waals surface area contributed by atoms with E-state index in [4.69, 9.17) is 0 Å². The van der Waals surface area contributed by atoms with Crippen LogP contribution in [0.4, 0.5) is 0 Å². The van der Waals surface area contributed by atoms with Gasteiger partial charge in [-0.3, -0.25) is 4.79 Å². The van der Waals surface area contributed by atoms with Gasteiger partial charge >= 0.3 is 0 Å². The van der Waals surface area contributed by atoms with Gasteiger partial charge < -0.3 is 5.32 Å². The van der Waals surface area contributed by atoms with Crippen LogP contribution in [0, 0.1) is 5.92 Å². The van der Waals surface area contributed by atoms with E-state index >= 15 is 0 Å². The summed E-state index contributed by atoms with van der Waals surface area (Å²) in [6.45, 7) is 8.14. The molecule has 0 aromatic rings. The third-order valence-electron chi connectivity index (χ3n) is 1.77. The van der Waals surface area contributed by atoms with Crippen LogP contribution in [0.1, 0.15) is 28.6 Å². The molecule has 0 atom stereocenters. The SMILES string of the molecule is CCNCCSSCCC(=O)C(C)C.[HH]. The molecule has 0 aliphatic heterocycles. The van der Waals surface area contributed by atoms with E-state index < -0.39 is 0 Å². The van der Waals surface area contributed by atoms with Crippen LogP contribution in [0.2, 0.25) is 0 Å². The van der Waals surface area contributed by atoms with Crippen molar-refractivity contribution in [1.82, 2.24) is 5.32 Å². The smallest absolute Gasteiger partial charge is 0.136 e. The minimum absolute atomic E-state index is 0. The van der Waals surface area contributed by atoms with Crippen molar-refractivity contribution >= 4 is 27.4 Å². The zero-order chi connectivity index (χ0) is 10.8. The van der Waals surface area contributed by atoms with Crippen molar-refractivity contribution in [2.75, 3.05) is 24.6 Å². The summed E-state index contributed by atoms with van der Waals surface area (Å²) in [5.74, 6) is 2.65. The molecule has 2 nitrogen and oxygen atoms in total. The van der Waals surface area contributed by atoms with Crippen molar-refractivity contribution in [2.24, 2.45) is 5.92 Å². The third kappa shape index (κ3) is 8.91. The van der Waals surface area contributed by atoms with Gasteiger partial charge in [0.05, 0.1) is 0 Å². The molecule has 0 aromatic heterocycles. The van der Waals surface area contributed by atoms with E-state index in [1.54, 1.807) is 10.8 Å². The van der Waals surface area contributed by atoms with Gasteiger partial charge in [0.25, 0.3) is 0 Å². The van der Waals surface area contributed by atoms with Crippen molar-refractivity contribution in [1.29, 1.82) is 0 Å². The van der Waals surface area contributed by atoms with Gasteiger partial charge in [0.15, 0.2) is 0 Å². The van der Waals surface area contributed by atoms with Crippen LogP contribution in [0.3, 0.4) is 0 Å². The lowest BCUT2D eigenvalue weighted by atomic mass is 10.1. The Labute approximate surface area is 96.9 Å². The predicted octanol–water partition coefficient (Wildman–Crippen LogP) is 2.84. The minimum Gasteiger partial charge on any atom is -0.316 e. The summed E-state index contributed by atoms with van der Waals surface area (Å²) >= 11 is 0. The van der Waals surface area contributed by atoms with Crippen molar-refractivity contribution in [2.45, 2.75) is 27.2 Å². The quantitative estimate of drug-likeness (QED) is 0.493. The number of hydrogen-bond acceptors (Lipinski definition) is 4. The lowest BCUT2D eigenvalue weighted by Gasteiger charge is -2.03. The molecular formula is C10H23NOS2. The van der Waals surface area contributed by atoms with Gasteiger partial charge in [-0.25, -0.2) is 0 Å². The van der Waals surface area contributed by atoms with Gasteiger partial charge in [-0.2, -0.15) is 0 Å². The molecule has 0 rings (SSSR count). The molecule has 0 aliphatic rings. The average molecular weight is 237 g/mol. The lowest BCUT2D eigenvalue weighted by molar-refractivity contribution is -0.121. The van der Waals surface area contributed by atoms with E-state index in [2.05, 4.69) is 12.2 Å². The Morgan fingerprint density at radius 1 is 1.36 bits per heavy atom. The summed E-state index contributed by atoms with van der Waals surface area (Å²) in [5, 5.41) is 3.27. The Morgan fingerprint density at radius 2 is 2.00 bits per heavy atom. The van der Waals surface area contributed by atoms with Crippen LogP contribution in [0.25, 0.3) is 0 Å². The van der Waals surface area contributed by atoms with Crippen LogP contribution in [0.5, 0.6) is 0 Å². The fourth-order valence-electron chi connectivity index (χ4n) is 0.839. The Kier molecular flexibility index (Phi) is 10.1. The van der Waals surface area contributed by atoms with Crippen LogP contribution in [-0.4, -0.2) is 30.4 Å². The number of ketones is 1. The molecule has 0 heterocycles. The first-order valence-corrected chi connectivity index (χ1v) is 7.65. The van der Waals surface area contributed by atoms with Gasteiger partial charge in [0.2, 0.25) is 0 Å². The number of Topliss-reactive ketones (excluding diaryl/α,β-unsaturated/α-hetero) is 1. The summed E-state index contributed by atoms with van der Waals surface area (Å²) in [5.41, 5.74) is 0. The van der Waals surface area contributed by atoms with E-state index in [-0.39, 0.29) is 7.34 Å². The Morgan fingerprint density at radius 3 is 2.57 bits per heavy atom. The van der Waals surface area contributed by atoms with Crippen molar-refractivity contribution in [3.05, 3.63) is 0 Å². The maximum absolute atomic E-state index is 11.2. The third-order valence-corrected chi connectivity index (χ3v) is 4.18. The number of rotatable bonds is 9. The van der Waals surface area contributed by atoms with Crippen LogP contribution >= 0.6 is 21.6 Å². The zero-order valence-corrected chi connectivity index (χ0v) is 11.0. The molecule has 0 radical (unpaired) electrons. The van der Waals surface area contributed by atoms with Crippen LogP contribution in [-0.2, 0) is 4.79 Å². The number of hydrogen-bond donors (Lipinski definition) is 1. The molecule has 0 amide bonds. The molecule has 1 N–H and O–H groups in total. The largest absolute Gasteiger partial charge is 0.316 e. The van der Waals surface area contributed by atoms with E-state index in [1.165, 1.54) is 0 Å². The second-order valence-electron chi connectivity index (χ2n) is 3.37. The molecule has 0 saturated heterocycles. The normalized spacial score (nSPS) is 10.9. The van der Waals surface area contributed by atoms with E-state index in [0.29, 0.717) is 5.78 Å². The van der Waals surface area contributed by atoms with Crippen LogP contribution in [0.15, 0.2) is 0 Å². The minimum atomic E-state index is 0. The maximum Gasteiger partial charge on any atom is 0.136 e. The highest BCUT2D eigenvalue weighted by Gasteiger charge is 2.05. The molecule has 0 bridgehead atoms.